The Morgan fingerprint density at radius 2 is 2.25 bits per heavy atom. The maximum absolute atomic E-state index is 11.7. The van der Waals surface area contributed by atoms with Crippen LogP contribution in [0.25, 0.3) is 0 Å². The Bertz CT molecular complexity index is 479. The molecule has 0 aromatic carbocycles. The van der Waals surface area contributed by atoms with Gasteiger partial charge in [-0.3, -0.25) is 9.59 Å². The van der Waals surface area contributed by atoms with Crippen LogP contribution >= 0.6 is 0 Å². The Labute approximate surface area is 119 Å². The normalized spacial score (nSPS) is 10.4. The molecule has 1 rings (SSSR count). The molecule has 0 saturated carbocycles. The number of amides is 2. The van der Waals surface area contributed by atoms with Gasteiger partial charge in [-0.05, 0) is 12.0 Å². The summed E-state index contributed by atoms with van der Waals surface area (Å²) >= 11 is 0. The van der Waals surface area contributed by atoms with Crippen molar-refractivity contribution in [1.29, 1.82) is 0 Å². The van der Waals surface area contributed by atoms with Gasteiger partial charge < -0.3 is 14.8 Å². The standard InChI is InChI=1S/C14H22N4O2/c1-5-14(20)17(4)10-13(19)16-8-12-15-6-7-18(12)9-11(2)3/h5-7,11H,1,8-10H2,2-4H3,(H,16,19). The van der Waals surface area contributed by atoms with Gasteiger partial charge in [-0.1, -0.05) is 20.4 Å². The van der Waals surface area contributed by atoms with Gasteiger partial charge >= 0.3 is 0 Å². The van der Waals surface area contributed by atoms with Crippen molar-refractivity contribution in [3.8, 4) is 0 Å². The van der Waals surface area contributed by atoms with Gasteiger partial charge in [0.05, 0.1) is 13.1 Å². The second-order valence-electron chi connectivity index (χ2n) is 5.06. The zero-order valence-corrected chi connectivity index (χ0v) is 12.3. The Balaban J connectivity index is 2.47. The van der Waals surface area contributed by atoms with Gasteiger partial charge in [0.1, 0.15) is 5.82 Å². The first-order valence-electron chi connectivity index (χ1n) is 6.58. The predicted molar refractivity (Wildman–Crippen MR) is 76.7 cm³/mol. The summed E-state index contributed by atoms with van der Waals surface area (Å²) in [4.78, 5) is 28.5. The van der Waals surface area contributed by atoms with Crippen LogP contribution in [-0.4, -0.2) is 39.9 Å². The van der Waals surface area contributed by atoms with Crippen molar-refractivity contribution in [1.82, 2.24) is 19.8 Å². The summed E-state index contributed by atoms with van der Waals surface area (Å²) in [5, 5.41) is 2.76. The average Bonchev–Trinajstić information content (AvgIpc) is 2.81. The summed E-state index contributed by atoms with van der Waals surface area (Å²) in [6.07, 6.45) is 4.80. The van der Waals surface area contributed by atoms with Crippen molar-refractivity contribution in [2.75, 3.05) is 13.6 Å². The third kappa shape index (κ3) is 4.87. The minimum absolute atomic E-state index is 0.00967. The molecule has 0 unspecified atom stereocenters. The van der Waals surface area contributed by atoms with E-state index in [-0.39, 0.29) is 18.4 Å². The van der Waals surface area contributed by atoms with Crippen LogP contribution in [0.5, 0.6) is 0 Å². The molecule has 0 saturated heterocycles. The summed E-state index contributed by atoms with van der Waals surface area (Å²) in [7, 11) is 1.56. The van der Waals surface area contributed by atoms with Crippen LogP contribution in [0.3, 0.4) is 0 Å². The van der Waals surface area contributed by atoms with E-state index in [4.69, 9.17) is 0 Å². The van der Waals surface area contributed by atoms with Crippen LogP contribution in [0.1, 0.15) is 19.7 Å². The molecule has 1 aromatic heterocycles. The molecule has 1 heterocycles. The van der Waals surface area contributed by atoms with Gasteiger partial charge in [0, 0.05) is 26.0 Å². The molecule has 20 heavy (non-hydrogen) atoms. The van der Waals surface area contributed by atoms with Gasteiger partial charge in [-0.2, -0.15) is 0 Å². The van der Waals surface area contributed by atoms with E-state index < -0.39 is 0 Å². The van der Waals surface area contributed by atoms with Crippen molar-refractivity contribution < 1.29 is 9.59 Å². The number of aromatic nitrogens is 2. The first kappa shape index (κ1) is 15.9. The predicted octanol–water partition coefficient (Wildman–Crippen LogP) is 0.800. The third-order valence-electron chi connectivity index (χ3n) is 2.74. The lowest BCUT2D eigenvalue weighted by Gasteiger charge is -2.15. The monoisotopic (exact) mass is 278 g/mol. The molecule has 110 valence electrons. The first-order valence-corrected chi connectivity index (χ1v) is 6.58. The van der Waals surface area contributed by atoms with Gasteiger partial charge in [0.15, 0.2) is 0 Å². The molecular formula is C14H22N4O2. The second-order valence-corrected chi connectivity index (χ2v) is 5.06. The number of rotatable bonds is 7. The Hall–Kier alpha value is -2.11. The fraction of sp³-hybridized carbons (Fsp3) is 0.500. The minimum atomic E-state index is -0.276. The number of likely N-dealkylation sites (N-methyl/N-ethyl adjacent to an activating group) is 1. The van der Waals surface area contributed by atoms with Crippen molar-refractivity contribution in [3.05, 3.63) is 30.9 Å². The molecule has 0 radical (unpaired) electrons. The van der Waals surface area contributed by atoms with E-state index >= 15 is 0 Å². The number of carbonyl (C=O) groups excluding carboxylic acids is 2. The molecule has 2 amide bonds. The molecule has 6 nitrogen and oxygen atoms in total. The Kier molecular flexibility index (Phi) is 5.96. The maximum atomic E-state index is 11.7. The summed E-state index contributed by atoms with van der Waals surface area (Å²) in [5.74, 6) is 0.822. The molecule has 6 heteroatoms. The lowest BCUT2D eigenvalue weighted by Crippen LogP contribution is -2.37. The van der Waals surface area contributed by atoms with Crippen molar-refractivity contribution in [2.24, 2.45) is 5.92 Å². The van der Waals surface area contributed by atoms with E-state index in [1.807, 2.05) is 10.8 Å². The first-order chi connectivity index (χ1) is 9.43. The number of hydrogen-bond donors (Lipinski definition) is 1. The zero-order chi connectivity index (χ0) is 15.1. The van der Waals surface area contributed by atoms with E-state index in [1.165, 1.54) is 11.0 Å². The van der Waals surface area contributed by atoms with E-state index in [1.54, 1.807) is 13.2 Å². The topological polar surface area (TPSA) is 67.2 Å². The maximum Gasteiger partial charge on any atom is 0.246 e. The molecule has 0 fully saturated rings. The fourth-order valence-electron chi connectivity index (χ4n) is 1.75. The highest BCUT2D eigenvalue weighted by Gasteiger charge is 2.11. The summed E-state index contributed by atoms with van der Waals surface area (Å²) in [6, 6.07) is 0. The Morgan fingerprint density at radius 3 is 2.85 bits per heavy atom. The molecule has 0 atom stereocenters. The van der Waals surface area contributed by atoms with Crippen LogP contribution in [0.15, 0.2) is 25.0 Å². The molecule has 1 aromatic rings. The fourth-order valence-corrected chi connectivity index (χ4v) is 1.75. The minimum Gasteiger partial charge on any atom is -0.347 e. The highest BCUT2D eigenvalue weighted by Crippen LogP contribution is 2.03. The van der Waals surface area contributed by atoms with E-state index in [2.05, 4.69) is 30.7 Å². The van der Waals surface area contributed by atoms with E-state index in [9.17, 15) is 9.59 Å². The van der Waals surface area contributed by atoms with Crippen LogP contribution in [0.2, 0.25) is 0 Å². The quantitative estimate of drug-likeness (QED) is 0.750. The number of carbonyl (C=O) groups is 2. The van der Waals surface area contributed by atoms with Gasteiger partial charge in [-0.15, -0.1) is 0 Å². The van der Waals surface area contributed by atoms with E-state index in [0.717, 1.165) is 12.4 Å². The van der Waals surface area contributed by atoms with Crippen LogP contribution in [-0.2, 0) is 22.7 Å². The lowest BCUT2D eigenvalue weighted by atomic mass is 10.2. The number of hydrogen-bond acceptors (Lipinski definition) is 3. The number of imidazole rings is 1. The van der Waals surface area contributed by atoms with Gasteiger partial charge in [-0.25, -0.2) is 4.98 Å². The Morgan fingerprint density at radius 1 is 1.55 bits per heavy atom. The largest absolute Gasteiger partial charge is 0.347 e. The van der Waals surface area contributed by atoms with Crippen LogP contribution < -0.4 is 5.32 Å². The van der Waals surface area contributed by atoms with Crippen molar-refractivity contribution >= 4 is 11.8 Å². The molecule has 0 aliphatic rings. The van der Waals surface area contributed by atoms with Gasteiger partial charge in [0.2, 0.25) is 11.8 Å². The summed E-state index contributed by atoms with van der Waals surface area (Å²) < 4.78 is 2.02. The molecule has 0 spiro atoms. The van der Waals surface area contributed by atoms with Crippen molar-refractivity contribution in [2.45, 2.75) is 26.9 Å². The number of nitrogens with zero attached hydrogens (tertiary/aromatic N) is 3. The highest BCUT2D eigenvalue weighted by atomic mass is 16.2. The van der Waals surface area contributed by atoms with Crippen LogP contribution in [0, 0.1) is 5.92 Å². The molecule has 0 aliphatic carbocycles. The summed E-state index contributed by atoms with van der Waals surface area (Å²) in [6.45, 7) is 8.85. The third-order valence-corrected chi connectivity index (χ3v) is 2.74. The molecule has 1 N–H and O–H groups in total. The van der Waals surface area contributed by atoms with Crippen molar-refractivity contribution in [3.63, 3.8) is 0 Å². The van der Waals surface area contributed by atoms with Gasteiger partial charge in [0.25, 0.3) is 0 Å². The molecule has 0 bridgehead atoms. The smallest absolute Gasteiger partial charge is 0.246 e. The summed E-state index contributed by atoms with van der Waals surface area (Å²) in [5.41, 5.74) is 0. The van der Waals surface area contributed by atoms with E-state index in [0.29, 0.717) is 12.5 Å². The number of nitrogens with one attached hydrogen (secondary N) is 1. The average molecular weight is 278 g/mol. The lowest BCUT2D eigenvalue weighted by molar-refractivity contribution is -0.131. The van der Waals surface area contributed by atoms with Crippen LogP contribution in [0.4, 0.5) is 0 Å². The molecule has 0 aliphatic heterocycles. The SMILES string of the molecule is C=CC(=O)N(C)CC(=O)NCc1nccn1CC(C)C. The highest BCUT2D eigenvalue weighted by molar-refractivity contribution is 5.90. The molecular weight excluding hydrogens is 256 g/mol. The zero-order valence-electron chi connectivity index (χ0n) is 12.3. The second kappa shape index (κ2) is 7.47.